The molecule has 0 unspecified atom stereocenters. The predicted molar refractivity (Wildman–Crippen MR) is 175 cm³/mol. The highest BCUT2D eigenvalue weighted by molar-refractivity contribution is 9.10. The number of nitriles is 1. The summed E-state index contributed by atoms with van der Waals surface area (Å²) in [6, 6.07) is 23.7. The number of ether oxygens (including phenoxy) is 1. The van der Waals surface area contributed by atoms with Crippen LogP contribution in [0.2, 0.25) is 0 Å². The van der Waals surface area contributed by atoms with E-state index < -0.39 is 12.1 Å². The first-order valence-electron chi connectivity index (χ1n) is 14.5. The van der Waals surface area contributed by atoms with Gasteiger partial charge in [0.1, 0.15) is 11.8 Å². The summed E-state index contributed by atoms with van der Waals surface area (Å²) in [6.07, 6.45) is 0.599. The van der Waals surface area contributed by atoms with E-state index in [0.717, 1.165) is 20.8 Å². The Balaban J connectivity index is 1.69. The minimum absolute atomic E-state index is 0.138. The first-order valence-corrected chi connectivity index (χ1v) is 15.3. The van der Waals surface area contributed by atoms with Gasteiger partial charge in [0.05, 0.1) is 42.7 Å². The van der Waals surface area contributed by atoms with Crippen molar-refractivity contribution in [2.75, 3.05) is 16.9 Å². The van der Waals surface area contributed by atoms with Crippen molar-refractivity contribution in [1.29, 1.82) is 5.26 Å². The number of carbonyl (C=O) groups is 3. The minimum atomic E-state index is -1.04. The Labute approximate surface area is 265 Å². The molecule has 0 bridgehead atoms. The second kappa shape index (κ2) is 12.9. The van der Waals surface area contributed by atoms with Crippen LogP contribution < -0.4 is 19.9 Å². The van der Waals surface area contributed by atoms with Crippen molar-refractivity contribution < 1.29 is 19.1 Å². The molecule has 9 heteroatoms. The van der Waals surface area contributed by atoms with Crippen LogP contribution in [0.3, 0.4) is 0 Å². The Hall–Kier alpha value is -4.68. The summed E-state index contributed by atoms with van der Waals surface area (Å²) in [4.78, 5) is 45.3. The number of amides is 3. The number of hydrogen-bond acceptors (Lipinski definition) is 5. The van der Waals surface area contributed by atoms with E-state index in [0.29, 0.717) is 34.7 Å². The van der Waals surface area contributed by atoms with Crippen molar-refractivity contribution in [2.45, 2.75) is 45.8 Å². The molecular formula is C35H33BrN4O4. The number of carbonyl (C=O) groups excluding carboxylic acids is 3. The maximum absolute atomic E-state index is 14.6. The van der Waals surface area contributed by atoms with Gasteiger partial charge >= 0.3 is 0 Å². The number of methoxy groups -OCH3 is 1. The second-order valence-corrected chi connectivity index (χ2v) is 11.8. The topological polar surface area (TPSA) is 103 Å². The molecule has 4 aromatic carbocycles. The van der Waals surface area contributed by atoms with Gasteiger partial charge in [-0.1, -0.05) is 54.0 Å². The fraction of sp³-hybridized carbons (Fsp3) is 0.257. The summed E-state index contributed by atoms with van der Waals surface area (Å²) in [5, 5.41) is 14.1. The Kier molecular flexibility index (Phi) is 9.02. The number of nitrogens with one attached hydrogen (secondary N) is 1. The first kappa shape index (κ1) is 30.8. The van der Waals surface area contributed by atoms with Crippen molar-refractivity contribution in [2.24, 2.45) is 5.92 Å². The van der Waals surface area contributed by atoms with Crippen LogP contribution in [0, 0.1) is 17.2 Å². The van der Waals surface area contributed by atoms with Gasteiger partial charge in [-0.15, -0.1) is 0 Å². The minimum Gasteiger partial charge on any atom is -0.496 e. The number of anilines is 2. The average molecular weight is 654 g/mol. The van der Waals surface area contributed by atoms with Gasteiger partial charge in [0.25, 0.3) is 11.8 Å². The molecule has 4 aromatic rings. The van der Waals surface area contributed by atoms with Crippen LogP contribution in [0.1, 0.15) is 48.7 Å². The lowest BCUT2D eigenvalue weighted by Crippen LogP contribution is -2.58. The summed E-state index contributed by atoms with van der Waals surface area (Å²) < 4.78 is 6.69. The van der Waals surface area contributed by atoms with Crippen LogP contribution in [0.4, 0.5) is 11.4 Å². The Morgan fingerprint density at radius 3 is 2.41 bits per heavy atom. The maximum Gasteiger partial charge on any atom is 0.258 e. The highest BCUT2D eigenvalue weighted by Gasteiger charge is 2.42. The van der Waals surface area contributed by atoms with Gasteiger partial charge < -0.3 is 19.9 Å². The van der Waals surface area contributed by atoms with Crippen molar-refractivity contribution in [3.05, 3.63) is 100 Å². The van der Waals surface area contributed by atoms with E-state index in [9.17, 15) is 19.6 Å². The lowest BCUT2D eigenvalue weighted by Gasteiger charge is -2.32. The monoisotopic (exact) mass is 652 g/mol. The van der Waals surface area contributed by atoms with E-state index in [4.69, 9.17) is 4.74 Å². The van der Waals surface area contributed by atoms with Crippen LogP contribution in [-0.2, 0) is 16.1 Å². The average Bonchev–Trinajstić information content (AvgIpc) is 3.12. The fourth-order valence-corrected chi connectivity index (χ4v) is 5.94. The van der Waals surface area contributed by atoms with Crippen LogP contribution in [0.5, 0.6) is 5.75 Å². The van der Waals surface area contributed by atoms with Gasteiger partial charge in [0, 0.05) is 21.5 Å². The Morgan fingerprint density at radius 2 is 1.75 bits per heavy atom. The molecule has 8 nitrogen and oxygen atoms in total. The van der Waals surface area contributed by atoms with E-state index >= 15 is 0 Å². The van der Waals surface area contributed by atoms with Crippen LogP contribution in [0.25, 0.3) is 10.8 Å². The van der Waals surface area contributed by atoms with E-state index in [1.54, 1.807) is 48.1 Å². The molecule has 5 rings (SSSR count). The van der Waals surface area contributed by atoms with Crippen LogP contribution in [0.15, 0.2) is 83.3 Å². The normalized spacial score (nSPS) is 17.0. The zero-order valence-electron chi connectivity index (χ0n) is 25.0. The van der Waals surface area contributed by atoms with Gasteiger partial charge in [-0.05, 0) is 78.7 Å². The zero-order chi connectivity index (χ0) is 31.5. The van der Waals surface area contributed by atoms with Gasteiger partial charge in [-0.25, -0.2) is 0 Å². The lowest BCUT2D eigenvalue weighted by atomic mass is 10.0. The molecule has 224 valence electrons. The summed E-state index contributed by atoms with van der Waals surface area (Å²) in [7, 11) is 1.59. The number of rotatable bonds is 7. The zero-order valence-corrected chi connectivity index (χ0v) is 26.6. The fourth-order valence-electron chi connectivity index (χ4n) is 5.56. The molecule has 3 amide bonds. The Morgan fingerprint density at radius 1 is 1.05 bits per heavy atom. The molecule has 0 aromatic heterocycles. The largest absolute Gasteiger partial charge is 0.496 e. The molecule has 0 radical (unpaired) electrons. The smallest absolute Gasteiger partial charge is 0.258 e. The van der Waals surface area contributed by atoms with Crippen molar-refractivity contribution in [3.63, 3.8) is 0 Å². The number of hydrogen-bond donors (Lipinski definition) is 1. The molecule has 1 heterocycles. The molecule has 3 atom stereocenters. The molecule has 1 N–H and O–H groups in total. The second-order valence-electron chi connectivity index (χ2n) is 10.9. The predicted octanol–water partition coefficient (Wildman–Crippen LogP) is 6.60. The lowest BCUT2D eigenvalue weighted by molar-refractivity contribution is -0.130. The highest BCUT2D eigenvalue weighted by atomic mass is 79.9. The number of halogens is 1. The quantitative estimate of drug-likeness (QED) is 0.242. The van der Waals surface area contributed by atoms with Crippen LogP contribution >= 0.6 is 15.9 Å². The van der Waals surface area contributed by atoms with E-state index in [-0.39, 0.29) is 30.2 Å². The van der Waals surface area contributed by atoms with Crippen molar-refractivity contribution in [1.82, 2.24) is 5.32 Å². The summed E-state index contributed by atoms with van der Waals surface area (Å²) in [5.74, 6) is -0.657. The van der Waals surface area contributed by atoms with Gasteiger partial charge in [-0.2, -0.15) is 5.26 Å². The molecule has 0 fully saturated rings. The van der Waals surface area contributed by atoms with Crippen molar-refractivity contribution in [3.8, 4) is 11.8 Å². The van der Waals surface area contributed by atoms with Crippen molar-refractivity contribution >= 4 is 55.8 Å². The molecular weight excluding hydrogens is 620 g/mol. The number of nitrogens with zero attached hydrogens (tertiary/aromatic N) is 3. The third-order valence-corrected chi connectivity index (χ3v) is 8.77. The van der Waals surface area contributed by atoms with E-state index in [1.807, 2.05) is 68.4 Å². The molecule has 0 saturated heterocycles. The Bertz CT molecular complexity index is 1780. The third-order valence-electron chi connectivity index (χ3n) is 8.28. The number of fused-ring (bicyclic) bond motifs is 2. The highest BCUT2D eigenvalue weighted by Crippen LogP contribution is 2.39. The van der Waals surface area contributed by atoms with Gasteiger partial charge in [0.15, 0.2) is 0 Å². The molecule has 1 aliphatic heterocycles. The van der Waals surface area contributed by atoms with Crippen LogP contribution in [-0.4, -0.2) is 36.9 Å². The summed E-state index contributed by atoms with van der Waals surface area (Å²) in [6.45, 7) is 5.64. The summed E-state index contributed by atoms with van der Waals surface area (Å²) >= 11 is 3.55. The summed E-state index contributed by atoms with van der Waals surface area (Å²) in [5.41, 5.74) is 2.65. The van der Waals surface area contributed by atoms with Gasteiger partial charge in [0.2, 0.25) is 5.91 Å². The molecule has 1 aliphatic rings. The molecule has 44 heavy (non-hydrogen) atoms. The molecule has 0 aliphatic carbocycles. The van der Waals surface area contributed by atoms with E-state index in [2.05, 4.69) is 27.3 Å². The first-order chi connectivity index (χ1) is 21.2. The number of benzene rings is 4. The molecule has 0 spiro atoms. The third kappa shape index (κ3) is 5.78. The standard InChI is InChI=1S/C35H33BrN4O4/c1-5-21(2)33(41)38-32-22(3)40(34(42)24-12-10-23(19-37)11-13-24)30-9-7-6-8-29(30)39(35(32)43)20-28-27-16-15-26(36)18-25(27)14-17-31(28)44-4/h6-18,21-22,32H,5,20H2,1-4H3,(H,38,41)/t21-,22+,32+/m1/s1. The SMILES string of the molecule is CC[C@@H](C)C(=O)N[C@@H]1C(=O)N(Cc2c(OC)ccc3cc(Br)ccc23)c2ccccc2N(C(=O)c2ccc(C#N)cc2)[C@H]1C. The maximum atomic E-state index is 14.6. The van der Waals surface area contributed by atoms with Gasteiger partial charge in [-0.3, -0.25) is 14.4 Å². The number of para-hydroxylation sites is 2. The van der Waals surface area contributed by atoms with E-state index in [1.165, 1.54) is 0 Å². The molecule has 0 saturated carbocycles.